The van der Waals surface area contributed by atoms with Gasteiger partial charge in [0.15, 0.2) is 11.5 Å². The van der Waals surface area contributed by atoms with Gasteiger partial charge in [-0.2, -0.15) is 0 Å². The van der Waals surface area contributed by atoms with E-state index in [4.69, 9.17) is 32.7 Å². The first-order chi connectivity index (χ1) is 16.6. The van der Waals surface area contributed by atoms with Crippen molar-refractivity contribution in [2.75, 3.05) is 13.1 Å². The van der Waals surface area contributed by atoms with Crippen molar-refractivity contribution in [3.05, 3.63) is 93.0 Å². The smallest absolute Gasteiger partial charge is 0.307 e. The molecule has 5 rings (SSSR count). The maximum Gasteiger partial charge on any atom is 0.307 e. The normalized spacial score (nSPS) is 20.7. The first kappa shape index (κ1) is 23.9. The molecule has 0 aromatic heterocycles. The van der Waals surface area contributed by atoms with Gasteiger partial charge in [0.05, 0.1) is 21.8 Å². The van der Waals surface area contributed by atoms with Crippen LogP contribution in [0.2, 0.25) is 10.0 Å². The van der Waals surface area contributed by atoms with Crippen LogP contribution in [0.3, 0.4) is 0 Å². The third kappa shape index (κ3) is 4.33. The standard InChI is InChI=1S/C26H21Cl2F2NO4/c1-25(33)8-10-31(11-9-25)24(32)18-13-22-23(14-21(18)30)35-26(34-22,15-2-5-17(29)6-3-15)19-7-4-16(27)12-20(19)28/h2-7,12-14,33H,8-11H2,1H3. The number of likely N-dealkylation sites (tertiary alicyclic amines) is 1. The molecule has 1 saturated heterocycles. The molecule has 0 radical (unpaired) electrons. The van der Waals surface area contributed by atoms with Crippen LogP contribution in [0.4, 0.5) is 8.78 Å². The Balaban J connectivity index is 1.55. The Kier molecular flexibility index (Phi) is 5.90. The summed E-state index contributed by atoms with van der Waals surface area (Å²) in [5.41, 5.74) is -0.244. The van der Waals surface area contributed by atoms with Crippen molar-refractivity contribution in [1.29, 1.82) is 0 Å². The molecule has 1 amide bonds. The third-order valence-corrected chi connectivity index (χ3v) is 6.96. The number of carbonyl (C=O) groups is 1. The van der Waals surface area contributed by atoms with Crippen LogP contribution in [-0.4, -0.2) is 34.6 Å². The fourth-order valence-corrected chi connectivity index (χ4v) is 4.89. The third-order valence-electron chi connectivity index (χ3n) is 6.41. The Bertz CT molecular complexity index is 1310. The number of halogens is 4. The van der Waals surface area contributed by atoms with Crippen molar-refractivity contribution in [2.24, 2.45) is 0 Å². The van der Waals surface area contributed by atoms with Gasteiger partial charge >= 0.3 is 5.79 Å². The van der Waals surface area contributed by atoms with E-state index in [2.05, 4.69) is 0 Å². The summed E-state index contributed by atoms with van der Waals surface area (Å²) in [6, 6.07) is 12.6. The van der Waals surface area contributed by atoms with Gasteiger partial charge in [-0.3, -0.25) is 4.79 Å². The number of piperidine rings is 1. The van der Waals surface area contributed by atoms with E-state index in [1.54, 1.807) is 19.1 Å². The Labute approximate surface area is 210 Å². The van der Waals surface area contributed by atoms with Crippen LogP contribution < -0.4 is 9.47 Å². The summed E-state index contributed by atoms with van der Waals surface area (Å²) < 4.78 is 41.2. The Hall–Kier alpha value is -2.87. The van der Waals surface area contributed by atoms with Gasteiger partial charge in [-0.15, -0.1) is 0 Å². The second-order valence-electron chi connectivity index (χ2n) is 9.02. The summed E-state index contributed by atoms with van der Waals surface area (Å²) in [7, 11) is 0. The fourth-order valence-electron chi connectivity index (χ4n) is 4.36. The number of carbonyl (C=O) groups excluding carboxylic acids is 1. The molecule has 9 heteroatoms. The minimum atomic E-state index is -1.66. The second kappa shape index (κ2) is 8.66. The fraction of sp³-hybridized carbons (Fsp3) is 0.269. The highest BCUT2D eigenvalue weighted by molar-refractivity contribution is 6.35. The molecule has 0 aliphatic carbocycles. The maximum absolute atomic E-state index is 15.1. The van der Waals surface area contributed by atoms with Gasteiger partial charge in [0, 0.05) is 29.7 Å². The van der Waals surface area contributed by atoms with E-state index in [9.17, 15) is 14.3 Å². The van der Waals surface area contributed by atoms with E-state index in [1.807, 2.05) is 0 Å². The van der Waals surface area contributed by atoms with Crippen LogP contribution in [0.15, 0.2) is 54.6 Å². The quantitative estimate of drug-likeness (QED) is 0.465. The van der Waals surface area contributed by atoms with Gasteiger partial charge in [-0.25, -0.2) is 8.78 Å². The van der Waals surface area contributed by atoms with Crippen molar-refractivity contribution in [3.8, 4) is 11.5 Å². The van der Waals surface area contributed by atoms with E-state index >= 15 is 4.39 Å². The van der Waals surface area contributed by atoms with Crippen molar-refractivity contribution in [1.82, 2.24) is 4.90 Å². The lowest BCUT2D eigenvalue weighted by molar-refractivity contribution is -0.0459. The maximum atomic E-state index is 15.1. The van der Waals surface area contributed by atoms with Crippen LogP contribution in [0, 0.1) is 11.6 Å². The van der Waals surface area contributed by atoms with Crippen molar-refractivity contribution >= 4 is 29.1 Å². The molecule has 3 aromatic rings. The summed E-state index contributed by atoms with van der Waals surface area (Å²) in [5, 5.41) is 10.8. The van der Waals surface area contributed by atoms with Gasteiger partial charge in [0.1, 0.15) is 11.6 Å². The predicted molar refractivity (Wildman–Crippen MR) is 127 cm³/mol. The average Bonchev–Trinajstić information content (AvgIpc) is 3.17. The van der Waals surface area contributed by atoms with Gasteiger partial charge in [-0.05, 0) is 68.3 Å². The number of nitrogens with zero attached hydrogens (tertiary/aromatic N) is 1. The summed E-state index contributed by atoms with van der Waals surface area (Å²) in [6.07, 6.45) is 0.793. The van der Waals surface area contributed by atoms with Crippen LogP contribution >= 0.6 is 23.2 Å². The number of hydrogen-bond donors (Lipinski definition) is 1. The SMILES string of the molecule is CC1(O)CCN(C(=O)c2cc3c(cc2F)OC(c2ccc(F)cc2)(c2ccc(Cl)cc2Cl)O3)CC1. The highest BCUT2D eigenvalue weighted by atomic mass is 35.5. The number of fused-ring (bicyclic) bond motifs is 1. The zero-order valence-electron chi connectivity index (χ0n) is 18.7. The van der Waals surface area contributed by atoms with Gasteiger partial charge in [0.25, 0.3) is 5.91 Å². The number of aliphatic hydroxyl groups is 1. The summed E-state index contributed by atoms with van der Waals surface area (Å²) in [4.78, 5) is 14.6. The highest BCUT2D eigenvalue weighted by Crippen LogP contribution is 2.50. The minimum Gasteiger partial charge on any atom is -0.440 e. The molecule has 5 nitrogen and oxygen atoms in total. The first-order valence-corrected chi connectivity index (χ1v) is 11.8. The Morgan fingerprint density at radius 2 is 1.60 bits per heavy atom. The zero-order valence-corrected chi connectivity index (χ0v) is 20.2. The molecule has 0 saturated carbocycles. The van der Waals surface area contributed by atoms with E-state index in [0.29, 0.717) is 42.1 Å². The van der Waals surface area contributed by atoms with Crippen molar-refractivity contribution in [3.63, 3.8) is 0 Å². The number of benzene rings is 3. The molecular formula is C26H21Cl2F2NO4. The lowest BCUT2D eigenvalue weighted by Crippen LogP contribution is -2.45. The molecule has 2 aliphatic heterocycles. The lowest BCUT2D eigenvalue weighted by atomic mass is 9.93. The number of hydrogen-bond acceptors (Lipinski definition) is 4. The van der Waals surface area contributed by atoms with Crippen molar-refractivity contribution < 1.29 is 28.2 Å². The first-order valence-electron chi connectivity index (χ1n) is 11.0. The summed E-state index contributed by atoms with van der Waals surface area (Å²) >= 11 is 12.6. The van der Waals surface area contributed by atoms with Crippen LogP contribution in [0.25, 0.3) is 0 Å². The molecule has 182 valence electrons. The molecule has 1 atom stereocenters. The molecule has 1 N–H and O–H groups in total. The van der Waals surface area contributed by atoms with E-state index in [-0.39, 0.29) is 22.1 Å². The molecule has 3 aromatic carbocycles. The number of amides is 1. The van der Waals surface area contributed by atoms with Gasteiger partial charge in [-0.1, -0.05) is 23.2 Å². The lowest BCUT2D eigenvalue weighted by Gasteiger charge is -2.35. The molecule has 0 spiro atoms. The van der Waals surface area contributed by atoms with Crippen molar-refractivity contribution in [2.45, 2.75) is 31.2 Å². The van der Waals surface area contributed by atoms with Gasteiger partial charge in [0.2, 0.25) is 0 Å². The second-order valence-corrected chi connectivity index (χ2v) is 9.86. The minimum absolute atomic E-state index is 0.0657. The molecule has 0 bridgehead atoms. The monoisotopic (exact) mass is 519 g/mol. The van der Waals surface area contributed by atoms with Gasteiger partial charge < -0.3 is 19.5 Å². The zero-order chi connectivity index (χ0) is 25.0. The van der Waals surface area contributed by atoms with Crippen LogP contribution in [-0.2, 0) is 5.79 Å². The summed E-state index contributed by atoms with van der Waals surface area (Å²) in [6.45, 7) is 2.33. The number of ether oxygens (including phenoxy) is 2. The Morgan fingerprint density at radius 3 is 2.23 bits per heavy atom. The molecule has 2 aliphatic rings. The average molecular weight is 520 g/mol. The molecule has 2 heterocycles. The summed E-state index contributed by atoms with van der Waals surface area (Å²) in [5.74, 6) is -3.19. The van der Waals surface area contributed by atoms with Crippen LogP contribution in [0.5, 0.6) is 11.5 Å². The molecule has 1 fully saturated rings. The van der Waals surface area contributed by atoms with Crippen LogP contribution in [0.1, 0.15) is 41.3 Å². The Morgan fingerprint density at radius 1 is 0.971 bits per heavy atom. The number of rotatable bonds is 3. The van der Waals surface area contributed by atoms with E-state index in [0.717, 1.165) is 6.07 Å². The van der Waals surface area contributed by atoms with E-state index < -0.39 is 28.9 Å². The molecule has 1 unspecified atom stereocenters. The molecule has 35 heavy (non-hydrogen) atoms. The predicted octanol–water partition coefficient (Wildman–Crippen LogP) is 5.93. The highest BCUT2D eigenvalue weighted by Gasteiger charge is 2.47. The molecular weight excluding hydrogens is 499 g/mol. The topological polar surface area (TPSA) is 59.0 Å². The largest absolute Gasteiger partial charge is 0.440 e. The van der Waals surface area contributed by atoms with E-state index in [1.165, 1.54) is 41.3 Å².